The van der Waals surface area contributed by atoms with Gasteiger partial charge in [0, 0.05) is 26.6 Å². The predicted octanol–water partition coefficient (Wildman–Crippen LogP) is 5.32. The number of fused-ring (bicyclic) bond motifs is 1. The highest BCUT2D eigenvalue weighted by Gasteiger charge is 2.39. The lowest BCUT2D eigenvalue weighted by Crippen LogP contribution is -2.46. The van der Waals surface area contributed by atoms with Gasteiger partial charge in [-0.1, -0.05) is 54.9 Å². The summed E-state index contributed by atoms with van der Waals surface area (Å²) in [5.74, 6) is -0.622. The van der Waals surface area contributed by atoms with Gasteiger partial charge >= 0.3 is 6.61 Å². The molecule has 0 bridgehead atoms. The fourth-order valence-corrected chi connectivity index (χ4v) is 5.24. The summed E-state index contributed by atoms with van der Waals surface area (Å²) in [5, 5.41) is 3.16. The van der Waals surface area contributed by atoms with E-state index in [1.54, 1.807) is 13.1 Å². The molecule has 0 aliphatic carbocycles. The number of carbonyl (C=O) groups is 1. The van der Waals surface area contributed by atoms with Crippen LogP contribution in [-0.2, 0) is 24.2 Å². The summed E-state index contributed by atoms with van der Waals surface area (Å²) in [6.07, 6.45) is 1.63. The molecule has 10 heteroatoms. The van der Waals surface area contributed by atoms with Crippen LogP contribution >= 0.6 is 11.6 Å². The number of nitrogens with one attached hydrogen (secondary N) is 1. The predicted molar refractivity (Wildman–Crippen MR) is 131 cm³/mol. The topological polar surface area (TPSA) is 59.4 Å². The third-order valence-corrected chi connectivity index (χ3v) is 6.79. The van der Waals surface area contributed by atoms with Gasteiger partial charge in [-0.15, -0.1) is 0 Å². The Bertz CT molecular complexity index is 1210. The van der Waals surface area contributed by atoms with Crippen molar-refractivity contribution in [1.82, 2.24) is 19.8 Å². The number of nitrogens with zero attached hydrogens (tertiary/aromatic N) is 3. The maximum absolute atomic E-state index is 14.3. The van der Waals surface area contributed by atoms with Crippen LogP contribution in [0.15, 0.2) is 48.5 Å². The summed E-state index contributed by atoms with van der Waals surface area (Å²) >= 11 is 6.64. The van der Waals surface area contributed by atoms with Crippen LogP contribution in [0.5, 0.6) is 5.75 Å². The van der Waals surface area contributed by atoms with Crippen LogP contribution in [0, 0.1) is 5.82 Å². The number of amides is 1. The maximum Gasteiger partial charge on any atom is 0.387 e. The monoisotopic (exact) mass is 520 g/mol. The van der Waals surface area contributed by atoms with Gasteiger partial charge in [0.05, 0.1) is 11.7 Å². The van der Waals surface area contributed by atoms with Crippen molar-refractivity contribution in [2.75, 3.05) is 13.6 Å². The number of rotatable bonds is 9. The number of aryl methyl sites for hydroxylation is 2. The minimum Gasteiger partial charge on any atom is -0.432 e. The van der Waals surface area contributed by atoms with E-state index in [0.29, 0.717) is 43.1 Å². The zero-order valence-electron chi connectivity index (χ0n) is 20.1. The van der Waals surface area contributed by atoms with Crippen molar-refractivity contribution in [3.63, 3.8) is 0 Å². The van der Waals surface area contributed by atoms with Gasteiger partial charge < -0.3 is 14.6 Å². The summed E-state index contributed by atoms with van der Waals surface area (Å²) in [7, 11) is 1.61. The van der Waals surface area contributed by atoms with Crippen molar-refractivity contribution >= 4 is 17.5 Å². The molecule has 0 spiro atoms. The van der Waals surface area contributed by atoms with E-state index < -0.39 is 24.2 Å². The Morgan fingerprint density at radius 1 is 1.22 bits per heavy atom. The first-order chi connectivity index (χ1) is 17.3. The first-order valence-electron chi connectivity index (χ1n) is 11.8. The van der Waals surface area contributed by atoms with Gasteiger partial charge in [0.15, 0.2) is 16.7 Å². The minimum atomic E-state index is -3.10. The quantitative estimate of drug-likeness (QED) is 0.415. The third kappa shape index (κ3) is 5.37. The lowest BCUT2D eigenvalue weighted by atomic mass is 9.95. The molecule has 2 aromatic carbocycles. The smallest absolute Gasteiger partial charge is 0.387 e. The molecule has 1 amide bonds. The Balaban J connectivity index is 1.69. The van der Waals surface area contributed by atoms with Gasteiger partial charge in [0.2, 0.25) is 5.91 Å². The van der Waals surface area contributed by atoms with Crippen molar-refractivity contribution in [1.29, 1.82) is 0 Å². The highest BCUT2D eigenvalue weighted by molar-refractivity contribution is 6.30. The summed E-state index contributed by atoms with van der Waals surface area (Å²) in [5.41, 5.74) is 2.29. The second-order valence-corrected chi connectivity index (χ2v) is 8.93. The number of ether oxygens (including phenoxy) is 1. The van der Waals surface area contributed by atoms with Gasteiger partial charge in [-0.05, 0) is 36.1 Å². The first-order valence-corrected chi connectivity index (χ1v) is 12.2. The van der Waals surface area contributed by atoms with E-state index in [0.717, 1.165) is 17.1 Å². The Labute approximate surface area is 213 Å². The molecule has 6 nitrogen and oxygen atoms in total. The normalized spacial score (nSPS) is 16.6. The number of hydrogen-bond donors (Lipinski definition) is 1. The Morgan fingerprint density at radius 3 is 2.61 bits per heavy atom. The van der Waals surface area contributed by atoms with Crippen LogP contribution in [0.4, 0.5) is 13.2 Å². The molecule has 0 saturated heterocycles. The molecule has 36 heavy (non-hydrogen) atoms. The zero-order chi connectivity index (χ0) is 25.8. The van der Waals surface area contributed by atoms with Crippen LogP contribution in [0.25, 0.3) is 0 Å². The van der Waals surface area contributed by atoms with Crippen molar-refractivity contribution in [2.24, 2.45) is 0 Å². The van der Waals surface area contributed by atoms with Crippen LogP contribution in [0.2, 0.25) is 5.15 Å². The van der Waals surface area contributed by atoms with Crippen LogP contribution in [0.3, 0.4) is 0 Å². The number of aromatic nitrogens is 2. The largest absolute Gasteiger partial charge is 0.432 e. The van der Waals surface area contributed by atoms with Crippen LogP contribution in [-0.4, -0.2) is 40.6 Å². The van der Waals surface area contributed by atoms with Crippen molar-refractivity contribution in [2.45, 2.75) is 51.4 Å². The van der Waals surface area contributed by atoms with Crippen molar-refractivity contribution in [3.05, 3.63) is 82.1 Å². The van der Waals surface area contributed by atoms with Gasteiger partial charge in [0.25, 0.3) is 0 Å². The molecule has 1 N–H and O–H groups in total. The summed E-state index contributed by atoms with van der Waals surface area (Å²) in [6, 6.07) is 12.6. The van der Waals surface area contributed by atoms with Gasteiger partial charge in [-0.3, -0.25) is 9.69 Å². The second kappa shape index (κ2) is 11.3. The van der Waals surface area contributed by atoms with E-state index in [4.69, 9.17) is 11.6 Å². The van der Waals surface area contributed by atoms with E-state index in [1.807, 2.05) is 37.3 Å². The lowest BCUT2D eigenvalue weighted by Gasteiger charge is -2.41. The van der Waals surface area contributed by atoms with E-state index >= 15 is 0 Å². The highest BCUT2D eigenvalue weighted by atomic mass is 35.5. The minimum absolute atomic E-state index is 0.148. The van der Waals surface area contributed by atoms with Crippen molar-refractivity contribution < 1.29 is 22.7 Å². The maximum atomic E-state index is 14.3. The summed E-state index contributed by atoms with van der Waals surface area (Å²) in [6.45, 7) is 0.121. The van der Waals surface area contributed by atoms with Crippen LogP contribution in [0.1, 0.15) is 48.1 Å². The molecule has 0 unspecified atom stereocenters. The van der Waals surface area contributed by atoms with E-state index in [-0.39, 0.29) is 11.9 Å². The Kier molecular flexibility index (Phi) is 8.21. The molecular formula is C26H28ClF3N4O2. The molecule has 3 aromatic rings. The number of hydrogen-bond acceptors (Lipinski definition) is 4. The highest BCUT2D eigenvalue weighted by Crippen LogP contribution is 2.40. The lowest BCUT2D eigenvalue weighted by molar-refractivity contribution is -0.128. The number of halogens is 4. The summed E-state index contributed by atoms with van der Waals surface area (Å²) < 4.78 is 45.7. The average Bonchev–Trinajstić information content (AvgIpc) is 3.20. The van der Waals surface area contributed by atoms with Gasteiger partial charge in [-0.2, -0.15) is 8.78 Å². The number of benzene rings is 2. The van der Waals surface area contributed by atoms with Crippen molar-refractivity contribution in [3.8, 4) is 5.75 Å². The molecule has 2 atom stereocenters. The molecule has 0 saturated carbocycles. The molecule has 192 valence electrons. The molecule has 0 radical (unpaired) electrons. The summed E-state index contributed by atoms with van der Waals surface area (Å²) in [4.78, 5) is 19.8. The molecular weight excluding hydrogens is 493 g/mol. The molecule has 1 aliphatic heterocycles. The second-order valence-electron chi connectivity index (χ2n) is 8.57. The zero-order valence-corrected chi connectivity index (χ0v) is 20.8. The fourth-order valence-electron chi connectivity index (χ4n) is 4.92. The van der Waals surface area contributed by atoms with Gasteiger partial charge in [0.1, 0.15) is 11.9 Å². The number of carbonyl (C=O) groups excluding carboxylic acids is 1. The fraction of sp³-hybridized carbons (Fsp3) is 0.385. The average molecular weight is 521 g/mol. The van der Waals surface area contributed by atoms with Crippen LogP contribution < -0.4 is 10.1 Å². The molecule has 0 fully saturated rings. The third-order valence-electron chi connectivity index (χ3n) is 6.52. The van der Waals surface area contributed by atoms with Gasteiger partial charge in [-0.25, -0.2) is 9.37 Å². The molecule has 4 rings (SSSR count). The standard InChI is InChI=1S/C26H28ClF3N4O2/c1-3-21-32-24(27)23-19(11-9-16-10-12-20(18(28)15-16)36-26(29)30)33(13-14-34(21)23)22(25(35)31-2)17-7-5-4-6-8-17/h4-8,10,12,15,19,22,26H,3,9,11,13-14H2,1-2H3,(H,31,35)/t19-,22+/m0/s1. The SMILES string of the molecule is CCc1nc(Cl)c2n1CCN([C@@H](C(=O)NC)c1ccccc1)[C@H]2CCc1ccc(OC(F)F)c(F)c1. The molecule has 2 heterocycles. The van der Waals surface area contributed by atoms with E-state index in [2.05, 4.69) is 24.5 Å². The molecule has 1 aromatic heterocycles. The van der Waals surface area contributed by atoms with E-state index in [1.165, 1.54) is 12.1 Å². The Hall–Kier alpha value is -3.04. The first kappa shape index (κ1) is 26.0. The Morgan fingerprint density at radius 2 is 1.97 bits per heavy atom. The number of likely N-dealkylation sites (N-methyl/N-ethyl adjacent to an activating group) is 1. The number of imidazole rings is 1. The molecule has 1 aliphatic rings. The number of alkyl halides is 2. The van der Waals surface area contributed by atoms with E-state index in [9.17, 15) is 18.0 Å².